The number of rotatable bonds is 4. The van der Waals surface area contributed by atoms with E-state index in [1.54, 1.807) is 13.2 Å². The van der Waals surface area contributed by atoms with Crippen molar-refractivity contribution in [3.63, 3.8) is 0 Å². The minimum atomic E-state index is -0.290. The molecule has 0 amide bonds. The first-order valence-corrected chi connectivity index (χ1v) is 9.00. The van der Waals surface area contributed by atoms with E-state index < -0.39 is 0 Å². The summed E-state index contributed by atoms with van der Waals surface area (Å²) in [6, 6.07) is 9.53. The predicted molar refractivity (Wildman–Crippen MR) is 104 cm³/mol. The van der Waals surface area contributed by atoms with Gasteiger partial charge >= 0.3 is 0 Å². The van der Waals surface area contributed by atoms with Crippen LogP contribution in [0.2, 0.25) is 0 Å². The highest BCUT2D eigenvalue weighted by Crippen LogP contribution is 2.35. The largest absolute Gasteiger partial charge is 0.497 e. The number of fused-ring (bicyclic) bond motifs is 1. The third-order valence-electron chi connectivity index (χ3n) is 5.06. The molecule has 136 valence electrons. The van der Waals surface area contributed by atoms with Crippen molar-refractivity contribution in [1.29, 1.82) is 0 Å². The summed E-state index contributed by atoms with van der Waals surface area (Å²) in [6.45, 7) is 2.87. The van der Waals surface area contributed by atoms with Gasteiger partial charge in [0.15, 0.2) is 0 Å². The van der Waals surface area contributed by atoms with Crippen LogP contribution >= 0.6 is 0 Å². The maximum Gasteiger partial charge on any atom is 0.127 e. The van der Waals surface area contributed by atoms with Crippen molar-refractivity contribution in [3.05, 3.63) is 53.5 Å². The second-order valence-electron chi connectivity index (χ2n) is 7.04. The van der Waals surface area contributed by atoms with Crippen LogP contribution in [0.3, 0.4) is 0 Å². The van der Waals surface area contributed by atoms with Gasteiger partial charge in [-0.1, -0.05) is 0 Å². The Bertz CT molecular complexity index is 843. The lowest BCUT2D eigenvalue weighted by molar-refractivity contribution is 0.411. The number of anilines is 1. The van der Waals surface area contributed by atoms with E-state index in [0.29, 0.717) is 11.8 Å². The van der Waals surface area contributed by atoms with Crippen LogP contribution in [0.5, 0.6) is 5.75 Å². The number of methoxy groups -OCH3 is 1. The van der Waals surface area contributed by atoms with Gasteiger partial charge in [0.1, 0.15) is 11.6 Å². The molecule has 0 aromatic heterocycles. The summed E-state index contributed by atoms with van der Waals surface area (Å²) in [5.41, 5.74) is 5.41. The summed E-state index contributed by atoms with van der Waals surface area (Å²) in [5, 5.41) is 7.09. The first-order chi connectivity index (χ1) is 12.6. The molecule has 1 unspecified atom stereocenters. The zero-order valence-electron chi connectivity index (χ0n) is 15.2. The molecule has 2 N–H and O–H groups in total. The zero-order chi connectivity index (χ0) is 18.1. The van der Waals surface area contributed by atoms with Crippen molar-refractivity contribution < 1.29 is 9.13 Å². The maximum atomic E-state index is 14.0. The topological polar surface area (TPSA) is 36.5 Å². The first-order valence-electron chi connectivity index (χ1n) is 9.00. The Hall–Kier alpha value is -2.53. The summed E-state index contributed by atoms with van der Waals surface area (Å²) in [7, 11) is 3.63. The minimum Gasteiger partial charge on any atom is -0.497 e. The van der Waals surface area contributed by atoms with E-state index >= 15 is 0 Å². The molecule has 2 aromatic rings. The van der Waals surface area contributed by atoms with Crippen LogP contribution in [0.4, 0.5) is 10.1 Å². The number of hydrogen-bond acceptors (Lipinski definition) is 4. The summed E-state index contributed by atoms with van der Waals surface area (Å²) >= 11 is 0. The van der Waals surface area contributed by atoms with Crippen LogP contribution in [0, 0.1) is 5.82 Å². The Morgan fingerprint density at radius 1 is 1.19 bits per heavy atom. The highest BCUT2D eigenvalue weighted by atomic mass is 19.1. The van der Waals surface area contributed by atoms with E-state index in [-0.39, 0.29) is 5.82 Å². The monoisotopic (exact) mass is 353 g/mol. The fraction of sp³-hybridized carbons (Fsp3) is 0.333. The second-order valence-corrected chi connectivity index (χ2v) is 7.04. The molecule has 0 bridgehead atoms. The molecule has 4 nitrogen and oxygen atoms in total. The Kier molecular flexibility index (Phi) is 4.55. The van der Waals surface area contributed by atoms with Crippen LogP contribution in [0.1, 0.15) is 17.5 Å². The van der Waals surface area contributed by atoms with Gasteiger partial charge < -0.3 is 20.3 Å². The van der Waals surface area contributed by atoms with Crippen molar-refractivity contribution in [2.24, 2.45) is 0 Å². The van der Waals surface area contributed by atoms with Gasteiger partial charge in [0.25, 0.3) is 0 Å². The van der Waals surface area contributed by atoms with Gasteiger partial charge in [-0.2, -0.15) is 0 Å². The molecular weight excluding hydrogens is 329 g/mol. The molecule has 4 rings (SSSR count). The van der Waals surface area contributed by atoms with Gasteiger partial charge in [0, 0.05) is 43.5 Å². The minimum absolute atomic E-state index is 0.290. The highest BCUT2D eigenvalue weighted by Gasteiger charge is 2.20. The van der Waals surface area contributed by atoms with Crippen molar-refractivity contribution in [1.82, 2.24) is 10.2 Å². The number of benzene rings is 2. The van der Waals surface area contributed by atoms with Gasteiger partial charge in [-0.3, -0.25) is 0 Å². The molecule has 0 spiro atoms. The molecular formula is C21H24FN3O. The van der Waals surface area contributed by atoms with Gasteiger partial charge in [0.05, 0.1) is 7.11 Å². The van der Waals surface area contributed by atoms with Crippen molar-refractivity contribution >= 4 is 11.8 Å². The third-order valence-corrected chi connectivity index (χ3v) is 5.06. The summed E-state index contributed by atoms with van der Waals surface area (Å²) < 4.78 is 19.2. The van der Waals surface area contributed by atoms with E-state index in [1.807, 2.05) is 6.07 Å². The Labute approximate surface area is 153 Å². The molecule has 2 aliphatic rings. The Morgan fingerprint density at radius 3 is 2.81 bits per heavy atom. The predicted octanol–water partition coefficient (Wildman–Crippen LogP) is 3.69. The average Bonchev–Trinajstić information content (AvgIpc) is 3.14. The normalized spacial score (nSPS) is 18.7. The third kappa shape index (κ3) is 3.40. The van der Waals surface area contributed by atoms with E-state index in [4.69, 9.17) is 4.74 Å². The van der Waals surface area contributed by atoms with E-state index in [0.717, 1.165) is 42.9 Å². The van der Waals surface area contributed by atoms with Gasteiger partial charge in [-0.05, 0) is 66.2 Å². The molecule has 1 atom stereocenters. The number of halogens is 1. The van der Waals surface area contributed by atoms with Crippen LogP contribution in [0.15, 0.2) is 36.5 Å². The lowest BCUT2D eigenvalue weighted by Crippen LogP contribution is -2.24. The zero-order valence-corrected chi connectivity index (χ0v) is 15.2. The number of nitrogens with zero attached hydrogens (tertiary/aromatic N) is 1. The molecule has 26 heavy (non-hydrogen) atoms. The number of hydrogen-bond donors (Lipinski definition) is 2. The standard InChI is InChI=1S/C21H24FN3O/c1-25-6-4-14-7-15(16-8-17(22)11-19(9-16)26-2)10-21(20(14)13-25)24-18-3-5-23-12-18/h4,6-11,18,23-24H,3,5,12-13H2,1-2H3. The Balaban J connectivity index is 1.79. The van der Waals surface area contributed by atoms with Crippen LogP contribution in [-0.2, 0) is 6.54 Å². The number of nitrogens with one attached hydrogen (secondary N) is 2. The van der Waals surface area contributed by atoms with Crippen molar-refractivity contribution in [2.45, 2.75) is 19.0 Å². The molecule has 0 radical (unpaired) electrons. The van der Waals surface area contributed by atoms with Crippen LogP contribution < -0.4 is 15.4 Å². The van der Waals surface area contributed by atoms with Crippen molar-refractivity contribution in [3.8, 4) is 16.9 Å². The van der Waals surface area contributed by atoms with E-state index in [1.165, 1.54) is 17.2 Å². The molecule has 2 heterocycles. The molecule has 2 aromatic carbocycles. The van der Waals surface area contributed by atoms with E-state index in [9.17, 15) is 4.39 Å². The van der Waals surface area contributed by atoms with Gasteiger partial charge in [-0.25, -0.2) is 4.39 Å². The lowest BCUT2D eigenvalue weighted by Gasteiger charge is -2.26. The maximum absolute atomic E-state index is 14.0. The molecule has 2 aliphatic heterocycles. The smallest absolute Gasteiger partial charge is 0.127 e. The SMILES string of the molecule is COc1cc(F)cc(-c2cc3c(c(NC4CCNC4)c2)CN(C)C=C3)c1. The summed E-state index contributed by atoms with van der Waals surface area (Å²) in [6.07, 6.45) is 5.31. The fourth-order valence-electron chi connectivity index (χ4n) is 3.67. The lowest BCUT2D eigenvalue weighted by atomic mass is 9.94. The molecule has 1 saturated heterocycles. The summed E-state index contributed by atoms with van der Waals surface area (Å²) in [4.78, 5) is 2.17. The van der Waals surface area contributed by atoms with Crippen molar-refractivity contribution in [2.75, 3.05) is 32.6 Å². The molecule has 0 saturated carbocycles. The van der Waals surface area contributed by atoms with E-state index in [2.05, 4.69) is 47.0 Å². The molecule has 1 fully saturated rings. The second kappa shape index (κ2) is 7.00. The fourth-order valence-corrected chi connectivity index (χ4v) is 3.67. The number of ether oxygens (including phenoxy) is 1. The Morgan fingerprint density at radius 2 is 2.04 bits per heavy atom. The van der Waals surface area contributed by atoms with Crippen LogP contribution in [0.25, 0.3) is 17.2 Å². The summed E-state index contributed by atoms with van der Waals surface area (Å²) in [5.74, 6) is 0.240. The highest BCUT2D eigenvalue weighted by molar-refractivity contribution is 5.77. The molecule has 0 aliphatic carbocycles. The average molecular weight is 353 g/mol. The van der Waals surface area contributed by atoms with Gasteiger partial charge in [-0.15, -0.1) is 0 Å². The quantitative estimate of drug-likeness (QED) is 0.879. The van der Waals surface area contributed by atoms with Crippen LogP contribution in [-0.4, -0.2) is 38.2 Å². The molecule has 5 heteroatoms. The van der Waals surface area contributed by atoms with Gasteiger partial charge in [0.2, 0.25) is 0 Å². The first kappa shape index (κ1) is 16.9.